The predicted molar refractivity (Wildman–Crippen MR) is 117 cm³/mol. The van der Waals surface area contributed by atoms with Crippen molar-refractivity contribution >= 4 is 29.1 Å². The molecule has 3 N–H and O–H groups in total. The van der Waals surface area contributed by atoms with Gasteiger partial charge in [0.1, 0.15) is 6.20 Å². The van der Waals surface area contributed by atoms with Crippen molar-refractivity contribution in [1.82, 2.24) is 19.9 Å². The highest BCUT2D eigenvalue weighted by molar-refractivity contribution is 6.31. The summed E-state index contributed by atoms with van der Waals surface area (Å²) in [7, 11) is 0. The zero-order chi connectivity index (χ0) is 21.8. The molecule has 0 aromatic carbocycles. The van der Waals surface area contributed by atoms with E-state index in [1.54, 1.807) is 18.5 Å². The fourth-order valence-corrected chi connectivity index (χ4v) is 4.37. The third-order valence-corrected chi connectivity index (χ3v) is 6.38. The molecule has 166 valence electrons. The molecule has 31 heavy (non-hydrogen) atoms. The quantitative estimate of drug-likeness (QED) is 0.413. The zero-order valence-electron chi connectivity index (χ0n) is 17.1. The number of nitro groups is 1. The Labute approximate surface area is 185 Å². The molecule has 2 aliphatic rings. The summed E-state index contributed by atoms with van der Waals surface area (Å²) < 4.78 is 0. The van der Waals surface area contributed by atoms with E-state index in [1.165, 1.54) is 6.20 Å². The largest absolute Gasteiger partial charge is 0.390 e. The van der Waals surface area contributed by atoms with Gasteiger partial charge in [-0.05, 0) is 43.2 Å². The number of aromatic nitrogens is 3. The molecule has 1 saturated heterocycles. The maximum atomic E-state index is 11.4. The number of pyridine rings is 1. The van der Waals surface area contributed by atoms with Crippen molar-refractivity contribution < 1.29 is 10.0 Å². The topological polar surface area (TPSA) is 129 Å². The SMILES string of the molecule is O=[N+]([O-])c1cnc(NCc2ccncc2Cl)nc1NCC1CCC(N2CC(O)C2)CC1. The van der Waals surface area contributed by atoms with Crippen molar-refractivity contribution in [3.8, 4) is 0 Å². The molecular weight excluding hydrogens is 422 g/mol. The van der Waals surface area contributed by atoms with Gasteiger partial charge in [-0.1, -0.05) is 11.6 Å². The van der Waals surface area contributed by atoms with E-state index in [4.69, 9.17) is 11.6 Å². The minimum atomic E-state index is -0.474. The van der Waals surface area contributed by atoms with Gasteiger partial charge in [0.25, 0.3) is 0 Å². The number of β-amino-alcohol motifs (C(OH)–C–C–N with tert-alkyl or cyclic N) is 1. The first-order chi connectivity index (χ1) is 15.0. The molecule has 2 fully saturated rings. The number of likely N-dealkylation sites (tertiary alicyclic amines) is 1. The Morgan fingerprint density at radius 3 is 2.68 bits per heavy atom. The van der Waals surface area contributed by atoms with Crippen molar-refractivity contribution in [3.05, 3.63) is 45.4 Å². The van der Waals surface area contributed by atoms with Crippen LogP contribution in [0.2, 0.25) is 5.02 Å². The van der Waals surface area contributed by atoms with Gasteiger partial charge in [0, 0.05) is 44.6 Å². The van der Waals surface area contributed by atoms with E-state index in [0.29, 0.717) is 36.0 Å². The fourth-order valence-electron chi connectivity index (χ4n) is 4.19. The molecule has 0 atom stereocenters. The molecule has 10 nitrogen and oxygen atoms in total. The lowest BCUT2D eigenvalue weighted by Crippen LogP contribution is -2.56. The summed E-state index contributed by atoms with van der Waals surface area (Å²) in [5.74, 6) is 0.946. The van der Waals surface area contributed by atoms with Gasteiger partial charge < -0.3 is 15.7 Å². The number of hydrogen-bond acceptors (Lipinski definition) is 9. The van der Waals surface area contributed by atoms with Crippen LogP contribution in [-0.4, -0.2) is 61.7 Å². The van der Waals surface area contributed by atoms with Gasteiger partial charge in [-0.15, -0.1) is 0 Å². The van der Waals surface area contributed by atoms with E-state index in [1.807, 2.05) is 0 Å². The number of hydrogen-bond donors (Lipinski definition) is 3. The van der Waals surface area contributed by atoms with E-state index < -0.39 is 4.92 Å². The maximum absolute atomic E-state index is 11.4. The van der Waals surface area contributed by atoms with Crippen LogP contribution in [0.4, 0.5) is 17.5 Å². The van der Waals surface area contributed by atoms with Crippen LogP contribution in [0.3, 0.4) is 0 Å². The standard InChI is InChI=1S/C20H26ClN7O3/c21-17-9-22-6-5-14(17)8-24-20-25-10-18(28(30)31)19(26-20)23-7-13-1-3-15(4-2-13)27-11-16(29)12-27/h5-6,9-10,13,15-16,29H,1-4,7-8,11-12H2,(H2,23,24,25,26). The van der Waals surface area contributed by atoms with Gasteiger partial charge in [0.15, 0.2) is 0 Å². The highest BCUT2D eigenvalue weighted by Crippen LogP contribution is 2.31. The Hall–Kier alpha value is -2.56. The third kappa shape index (κ3) is 5.38. The first-order valence-corrected chi connectivity index (χ1v) is 10.9. The number of anilines is 2. The second kappa shape index (κ2) is 9.71. The van der Waals surface area contributed by atoms with E-state index in [9.17, 15) is 15.2 Å². The Kier molecular flexibility index (Phi) is 6.79. The van der Waals surface area contributed by atoms with Gasteiger partial charge >= 0.3 is 5.69 Å². The fraction of sp³-hybridized carbons (Fsp3) is 0.550. The smallest absolute Gasteiger partial charge is 0.329 e. The van der Waals surface area contributed by atoms with E-state index in [2.05, 4.69) is 30.5 Å². The van der Waals surface area contributed by atoms with E-state index in [0.717, 1.165) is 44.3 Å². The summed E-state index contributed by atoms with van der Waals surface area (Å²) >= 11 is 6.11. The van der Waals surface area contributed by atoms with Crippen molar-refractivity contribution in [2.24, 2.45) is 5.92 Å². The van der Waals surface area contributed by atoms with E-state index in [-0.39, 0.29) is 17.6 Å². The minimum Gasteiger partial charge on any atom is -0.390 e. The predicted octanol–water partition coefficient (Wildman–Crippen LogP) is 2.69. The Morgan fingerprint density at radius 2 is 2.00 bits per heavy atom. The molecule has 1 saturated carbocycles. The minimum absolute atomic E-state index is 0.143. The molecule has 0 bridgehead atoms. The van der Waals surface area contributed by atoms with Crippen LogP contribution in [0, 0.1) is 16.0 Å². The first kappa shape index (κ1) is 21.7. The Balaban J connectivity index is 1.33. The third-order valence-electron chi connectivity index (χ3n) is 6.04. The van der Waals surface area contributed by atoms with Crippen molar-refractivity contribution in [3.63, 3.8) is 0 Å². The van der Waals surface area contributed by atoms with Crippen LogP contribution in [0.1, 0.15) is 31.2 Å². The summed E-state index contributed by atoms with van der Waals surface area (Å²) in [6, 6.07) is 2.33. The number of rotatable bonds is 8. The molecule has 0 unspecified atom stereocenters. The molecule has 11 heteroatoms. The number of aliphatic hydroxyl groups excluding tert-OH is 1. The first-order valence-electron chi connectivity index (χ1n) is 10.5. The molecule has 0 amide bonds. The Morgan fingerprint density at radius 1 is 1.23 bits per heavy atom. The van der Waals surface area contributed by atoms with Crippen molar-refractivity contribution in [2.75, 3.05) is 30.3 Å². The lowest BCUT2D eigenvalue weighted by atomic mass is 9.84. The number of nitrogens with zero attached hydrogens (tertiary/aromatic N) is 5. The monoisotopic (exact) mass is 447 g/mol. The number of aliphatic hydroxyl groups is 1. The van der Waals surface area contributed by atoms with Crippen LogP contribution in [-0.2, 0) is 6.54 Å². The molecule has 0 radical (unpaired) electrons. The highest BCUT2D eigenvalue weighted by atomic mass is 35.5. The normalized spacial score (nSPS) is 22.0. The van der Waals surface area contributed by atoms with E-state index >= 15 is 0 Å². The van der Waals surface area contributed by atoms with Crippen LogP contribution in [0.5, 0.6) is 0 Å². The van der Waals surface area contributed by atoms with Crippen molar-refractivity contribution in [1.29, 1.82) is 0 Å². The molecule has 2 aromatic heterocycles. The average molecular weight is 448 g/mol. The van der Waals surface area contributed by atoms with Gasteiger partial charge in [-0.2, -0.15) is 4.98 Å². The number of halogens is 1. The molecule has 2 aromatic rings. The summed E-state index contributed by atoms with van der Waals surface area (Å²) in [6.07, 6.45) is 8.53. The maximum Gasteiger partial charge on any atom is 0.329 e. The summed E-state index contributed by atoms with van der Waals surface area (Å²) in [6.45, 7) is 2.57. The molecule has 0 spiro atoms. The second-order valence-electron chi connectivity index (χ2n) is 8.17. The lowest BCUT2D eigenvalue weighted by molar-refractivity contribution is -0.384. The van der Waals surface area contributed by atoms with Crippen LogP contribution in [0.25, 0.3) is 0 Å². The molecule has 3 heterocycles. The van der Waals surface area contributed by atoms with Crippen LogP contribution >= 0.6 is 11.6 Å². The second-order valence-corrected chi connectivity index (χ2v) is 8.58. The molecular formula is C20H26ClN7O3. The van der Waals surface area contributed by atoms with Gasteiger partial charge in [0.05, 0.1) is 16.0 Å². The van der Waals surface area contributed by atoms with Gasteiger partial charge in [0.2, 0.25) is 11.8 Å². The lowest BCUT2D eigenvalue weighted by Gasteiger charge is -2.44. The van der Waals surface area contributed by atoms with Crippen LogP contribution < -0.4 is 10.6 Å². The van der Waals surface area contributed by atoms with Gasteiger partial charge in [-0.3, -0.25) is 20.0 Å². The molecule has 1 aliphatic carbocycles. The average Bonchev–Trinajstić information content (AvgIpc) is 2.75. The zero-order valence-corrected chi connectivity index (χ0v) is 17.8. The van der Waals surface area contributed by atoms with Gasteiger partial charge in [-0.25, -0.2) is 4.98 Å². The summed E-state index contributed by atoms with van der Waals surface area (Å²) in [5, 5.41) is 27.7. The summed E-state index contributed by atoms with van der Waals surface area (Å²) in [4.78, 5) is 25.6. The number of nitrogens with one attached hydrogen (secondary N) is 2. The molecule has 1 aliphatic heterocycles. The van der Waals surface area contributed by atoms with Crippen molar-refractivity contribution in [2.45, 2.75) is 44.4 Å². The highest BCUT2D eigenvalue weighted by Gasteiger charge is 2.33. The molecule has 4 rings (SSSR count). The summed E-state index contributed by atoms with van der Waals surface area (Å²) in [5.41, 5.74) is 0.690. The Bertz CT molecular complexity index is 917. The van der Waals surface area contributed by atoms with Crippen LogP contribution in [0.15, 0.2) is 24.7 Å².